The molecular formula is C5H6N4O3. The normalized spacial score (nSPS) is 9.42. The van der Waals surface area contributed by atoms with E-state index < -0.39 is 5.91 Å². The van der Waals surface area contributed by atoms with Gasteiger partial charge in [0.15, 0.2) is 5.69 Å². The first-order chi connectivity index (χ1) is 5.65. The minimum atomic E-state index is -0.855. The van der Waals surface area contributed by atoms with Gasteiger partial charge in [0, 0.05) is 6.07 Å². The first-order valence-electron chi connectivity index (χ1n) is 2.89. The maximum absolute atomic E-state index is 10.6. The topological polar surface area (TPSA) is 124 Å². The van der Waals surface area contributed by atoms with Gasteiger partial charge in [-0.15, -0.1) is 10.2 Å². The van der Waals surface area contributed by atoms with Crippen molar-refractivity contribution in [2.45, 2.75) is 0 Å². The van der Waals surface area contributed by atoms with Gasteiger partial charge in [-0.25, -0.2) is 5.26 Å². The lowest BCUT2D eigenvalue weighted by atomic mass is 10.3. The lowest BCUT2D eigenvalue weighted by Gasteiger charge is -2.00. The van der Waals surface area contributed by atoms with Crippen LogP contribution >= 0.6 is 0 Å². The number of carbonyl (C=O) groups is 1. The molecule has 1 aromatic rings. The molecule has 0 aliphatic carbocycles. The Bertz CT molecular complexity index is 314. The lowest BCUT2D eigenvalue weighted by Crippen LogP contribution is -2.16. The monoisotopic (exact) mass is 170 g/mol. The molecule has 0 radical (unpaired) electrons. The number of amides is 1. The molecular weight excluding hydrogens is 164 g/mol. The van der Waals surface area contributed by atoms with Crippen molar-refractivity contribution in [2.75, 3.05) is 5.73 Å². The Morgan fingerprint density at radius 1 is 1.58 bits per heavy atom. The summed E-state index contributed by atoms with van der Waals surface area (Å²) < 4.78 is 0. The number of hydrogen-bond acceptors (Lipinski definition) is 6. The predicted octanol–water partition coefficient (Wildman–Crippen LogP) is -0.991. The minimum Gasteiger partial charge on any atom is -0.382 e. The molecule has 0 spiro atoms. The standard InChI is InChI=1S/C5H6N4O3/c6-3-1-2(12-11)4(5(7)10)9-8-3/h1,11H,(H2,6,8)(H2,7,10). The van der Waals surface area contributed by atoms with Gasteiger partial charge in [0.25, 0.3) is 5.91 Å². The van der Waals surface area contributed by atoms with E-state index in [1.807, 2.05) is 0 Å². The van der Waals surface area contributed by atoms with Gasteiger partial charge in [-0.2, -0.15) is 0 Å². The van der Waals surface area contributed by atoms with Crippen LogP contribution in [0.5, 0.6) is 5.75 Å². The van der Waals surface area contributed by atoms with Gasteiger partial charge < -0.3 is 16.4 Å². The summed E-state index contributed by atoms with van der Waals surface area (Å²) in [7, 11) is 0. The van der Waals surface area contributed by atoms with Gasteiger partial charge in [0.1, 0.15) is 5.82 Å². The molecule has 0 fully saturated rings. The number of nitrogens with zero attached hydrogens (tertiary/aromatic N) is 2. The molecule has 0 atom stereocenters. The summed E-state index contributed by atoms with van der Waals surface area (Å²) >= 11 is 0. The first-order valence-corrected chi connectivity index (χ1v) is 2.89. The second kappa shape index (κ2) is 3.01. The third-order valence-corrected chi connectivity index (χ3v) is 1.11. The Kier molecular flexibility index (Phi) is 2.06. The van der Waals surface area contributed by atoms with Crippen LogP contribution in [0.25, 0.3) is 0 Å². The Balaban J connectivity index is 3.20. The van der Waals surface area contributed by atoms with Gasteiger partial charge in [-0.3, -0.25) is 4.79 Å². The van der Waals surface area contributed by atoms with Crippen LogP contribution in [0.15, 0.2) is 6.07 Å². The van der Waals surface area contributed by atoms with Gasteiger partial charge in [0.2, 0.25) is 5.75 Å². The molecule has 0 unspecified atom stereocenters. The minimum absolute atomic E-state index is 0.0176. The maximum atomic E-state index is 10.6. The van der Waals surface area contributed by atoms with Crippen LogP contribution in [-0.4, -0.2) is 21.4 Å². The number of nitrogen functional groups attached to an aromatic ring is 1. The molecule has 1 rings (SSSR count). The second-order valence-corrected chi connectivity index (χ2v) is 1.94. The summed E-state index contributed by atoms with van der Waals surface area (Å²) in [6.07, 6.45) is 0. The van der Waals surface area contributed by atoms with E-state index in [1.54, 1.807) is 0 Å². The summed E-state index contributed by atoms with van der Waals surface area (Å²) in [5.41, 5.74) is 9.78. The zero-order chi connectivity index (χ0) is 9.14. The molecule has 1 amide bonds. The molecule has 7 heteroatoms. The third-order valence-electron chi connectivity index (χ3n) is 1.11. The molecule has 0 aliphatic heterocycles. The van der Waals surface area contributed by atoms with E-state index in [0.29, 0.717) is 0 Å². The lowest BCUT2D eigenvalue weighted by molar-refractivity contribution is -0.138. The highest BCUT2D eigenvalue weighted by Crippen LogP contribution is 2.15. The number of anilines is 1. The van der Waals surface area contributed by atoms with Gasteiger partial charge in [0.05, 0.1) is 0 Å². The van der Waals surface area contributed by atoms with Crippen molar-refractivity contribution in [1.29, 1.82) is 0 Å². The first kappa shape index (κ1) is 8.21. The van der Waals surface area contributed by atoms with Gasteiger partial charge in [-0.05, 0) is 0 Å². The number of primary amides is 1. The Morgan fingerprint density at radius 2 is 2.25 bits per heavy atom. The van der Waals surface area contributed by atoms with Crippen molar-refractivity contribution < 1.29 is 14.9 Å². The number of nitrogens with two attached hydrogens (primary N) is 2. The van der Waals surface area contributed by atoms with E-state index >= 15 is 0 Å². The molecule has 0 aliphatic rings. The smallest absolute Gasteiger partial charge is 0.273 e. The SMILES string of the molecule is NC(=O)c1nnc(N)cc1OO. The fourth-order valence-corrected chi connectivity index (χ4v) is 0.629. The van der Waals surface area contributed by atoms with Crippen LogP contribution in [0, 0.1) is 0 Å². The molecule has 64 valence electrons. The molecule has 1 aromatic heterocycles. The van der Waals surface area contributed by atoms with Crippen LogP contribution < -0.4 is 16.4 Å². The van der Waals surface area contributed by atoms with Gasteiger partial charge in [-0.1, -0.05) is 0 Å². The quantitative estimate of drug-likeness (QED) is 0.386. The molecule has 5 N–H and O–H groups in total. The second-order valence-electron chi connectivity index (χ2n) is 1.94. The van der Waals surface area contributed by atoms with E-state index in [4.69, 9.17) is 16.7 Å². The van der Waals surface area contributed by atoms with E-state index in [-0.39, 0.29) is 17.3 Å². The van der Waals surface area contributed by atoms with Crippen LogP contribution in [-0.2, 0) is 0 Å². The van der Waals surface area contributed by atoms with Crippen molar-refractivity contribution in [3.05, 3.63) is 11.8 Å². The largest absolute Gasteiger partial charge is 0.382 e. The Morgan fingerprint density at radius 3 is 2.75 bits per heavy atom. The number of hydrogen-bond donors (Lipinski definition) is 3. The third kappa shape index (κ3) is 1.40. The summed E-state index contributed by atoms with van der Waals surface area (Å²) in [6.45, 7) is 0. The van der Waals surface area contributed by atoms with Crippen LogP contribution in [0.3, 0.4) is 0 Å². The molecule has 7 nitrogen and oxygen atoms in total. The summed E-state index contributed by atoms with van der Waals surface area (Å²) in [5.74, 6) is -1.05. The van der Waals surface area contributed by atoms with E-state index in [0.717, 1.165) is 6.07 Å². The summed E-state index contributed by atoms with van der Waals surface area (Å²) in [5, 5.41) is 14.9. The molecule has 0 aromatic carbocycles. The van der Waals surface area contributed by atoms with Crippen molar-refractivity contribution in [3.8, 4) is 5.75 Å². The molecule has 0 saturated heterocycles. The average Bonchev–Trinajstić information content (AvgIpc) is 2.03. The van der Waals surface area contributed by atoms with Crippen LogP contribution in [0.2, 0.25) is 0 Å². The molecule has 0 saturated carbocycles. The fourth-order valence-electron chi connectivity index (χ4n) is 0.629. The average molecular weight is 170 g/mol. The van der Waals surface area contributed by atoms with E-state index in [1.165, 1.54) is 0 Å². The molecule has 1 heterocycles. The van der Waals surface area contributed by atoms with Crippen LogP contribution in [0.4, 0.5) is 5.82 Å². The molecule has 12 heavy (non-hydrogen) atoms. The van der Waals surface area contributed by atoms with E-state index in [9.17, 15) is 4.79 Å². The summed E-state index contributed by atoms with van der Waals surface area (Å²) in [6, 6.07) is 1.13. The number of aromatic nitrogens is 2. The summed E-state index contributed by atoms with van der Waals surface area (Å²) in [4.78, 5) is 14.4. The van der Waals surface area contributed by atoms with Crippen molar-refractivity contribution in [3.63, 3.8) is 0 Å². The highest BCUT2D eigenvalue weighted by molar-refractivity contribution is 5.93. The Labute approximate surface area is 66.9 Å². The fraction of sp³-hybridized carbons (Fsp3) is 0. The van der Waals surface area contributed by atoms with Crippen molar-refractivity contribution >= 4 is 11.7 Å². The Hall–Kier alpha value is -1.89. The highest BCUT2D eigenvalue weighted by atomic mass is 17.1. The molecule has 0 bridgehead atoms. The predicted molar refractivity (Wildman–Crippen MR) is 38.2 cm³/mol. The maximum Gasteiger partial charge on any atom is 0.273 e. The van der Waals surface area contributed by atoms with Crippen molar-refractivity contribution in [2.24, 2.45) is 5.73 Å². The van der Waals surface area contributed by atoms with E-state index in [2.05, 4.69) is 15.1 Å². The number of carbonyl (C=O) groups excluding carboxylic acids is 1. The zero-order valence-corrected chi connectivity index (χ0v) is 5.89. The van der Waals surface area contributed by atoms with Crippen LogP contribution in [0.1, 0.15) is 10.5 Å². The zero-order valence-electron chi connectivity index (χ0n) is 5.89. The van der Waals surface area contributed by atoms with Gasteiger partial charge >= 0.3 is 0 Å². The highest BCUT2D eigenvalue weighted by Gasteiger charge is 2.12. The van der Waals surface area contributed by atoms with Crippen molar-refractivity contribution in [1.82, 2.24) is 10.2 Å². The number of rotatable bonds is 2.